The Hall–Kier alpha value is -3.05. The number of aryl methyl sites for hydroxylation is 3. The molecule has 4 rings (SSSR count). The fourth-order valence-corrected chi connectivity index (χ4v) is 4.35. The number of furan rings is 1. The molecule has 29 heavy (non-hydrogen) atoms. The summed E-state index contributed by atoms with van der Waals surface area (Å²) >= 11 is 1.34. The molecule has 0 unspecified atom stereocenters. The molecule has 0 bridgehead atoms. The lowest BCUT2D eigenvalue weighted by molar-refractivity contribution is -0.119. The summed E-state index contributed by atoms with van der Waals surface area (Å²) in [5, 5.41) is 0. The number of hydrogen-bond donors (Lipinski definition) is 0. The molecule has 0 aliphatic carbocycles. The highest BCUT2D eigenvalue weighted by Crippen LogP contribution is 2.40. The second-order valence-electron chi connectivity index (χ2n) is 7.17. The van der Waals surface area contributed by atoms with E-state index in [-0.39, 0.29) is 11.8 Å². The Labute approximate surface area is 174 Å². The van der Waals surface area contributed by atoms with Crippen LogP contribution in [-0.4, -0.2) is 11.8 Å². The Morgan fingerprint density at radius 2 is 1.62 bits per heavy atom. The number of imide groups is 1. The Bertz CT molecular complexity index is 1110. The van der Waals surface area contributed by atoms with E-state index in [1.165, 1.54) is 16.7 Å². The summed E-state index contributed by atoms with van der Waals surface area (Å²) in [4.78, 5) is 28.6. The van der Waals surface area contributed by atoms with Crippen molar-refractivity contribution in [1.82, 2.24) is 0 Å². The number of rotatable bonds is 5. The molecule has 0 N–H and O–H groups in total. The number of carbonyl (C=O) groups excluding carboxylic acids is 2. The maximum Gasteiger partial charge on any atom is 0.272 e. The van der Waals surface area contributed by atoms with E-state index in [4.69, 9.17) is 4.42 Å². The average molecular weight is 404 g/mol. The second-order valence-corrected chi connectivity index (χ2v) is 8.16. The van der Waals surface area contributed by atoms with Gasteiger partial charge >= 0.3 is 0 Å². The lowest BCUT2D eigenvalue weighted by Crippen LogP contribution is -2.32. The Kier molecular flexibility index (Phi) is 5.16. The zero-order chi connectivity index (χ0) is 20.5. The monoisotopic (exact) mass is 403 g/mol. The van der Waals surface area contributed by atoms with Crippen molar-refractivity contribution >= 4 is 34.8 Å². The molecule has 4 nitrogen and oxygen atoms in total. The lowest BCUT2D eigenvalue weighted by atomic mass is 10.0. The van der Waals surface area contributed by atoms with Gasteiger partial charge in [0, 0.05) is 0 Å². The van der Waals surface area contributed by atoms with Crippen molar-refractivity contribution in [2.24, 2.45) is 0 Å². The minimum atomic E-state index is -0.283. The third-order valence-electron chi connectivity index (χ3n) is 4.93. The van der Waals surface area contributed by atoms with Gasteiger partial charge < -0.3 is 4.42 Å². The first-order valence-corrected chi connectivity index (χ1v) is 10.4. The van der Waals surface area contributed by atoms with Gasteiger partial charge in [0.05, 0.1) is 28.2 Å². The van der Waals surface area contributed by atoms with E-state index >= 15 is 0 Å². The number of anilines is 1. The number of hydrogen-bond acceptors (Lipinski definition) is 4. The molecule has 2 heterocycles. The molecule has 0 saturated heterocycles. The predicted octanol–water partition coefficient (Wildman–Crippen LogP) is 5.42. The minimum Gasteiger partial charge on any atom is -0.468 e. The van der Waals surface area contributed by atoms with Gasteiger partial charge in [0.1, 0.15) is 5.76 Å². The number of benzene rings is 2. The van der Waals surface area contributed by atoms with E-state index < -0.39 is 0 Å². The zero-order valence-corrected chi connectivity index (χ0v) is 17.4. The van der Waals surface area contributed by atoms with Gasteiger partial charge in [0.15, 0.2) is 0 Å². The predicted molar refractivity (Wildman–Crippen MR) is 117 cm³/mol. The lowest BCUT2D eigenvalue weighted by Gasteiger charge is -2.18. The molecule has 5 heteroatoms. The molecule has 2 amide bonds. The van der Waals surface area contributed by atoms with Crippen LogP contribution in [0.2, 0.25) is 0 Å². The largest absolute Gasteiger partial charge is 0.468 e. The van der Waals surface area contributed by atoms with Gasteiger partial charge in [-0.25, -0.2) is 4.90 Å². The third kappa shape index (κ3) is 3.66. The summed E-state index contributed by atoms with van der Waals surface area (Å²) in [6.45, 7) is 5.86. The van der Waals surface area contributed by atoms with Crippen LogP contribution in [0.4, 0.5) is 5.69 Å². The quantitative estimate of drug-likeness (QED) is 0.534. The van der Waals surface area contributed by atoms with Crippen LogP contribution in [0.1, 0.15) is 28.0 Å². The minimum absolute atomic E-state index is 0.282. The highest BCUT2D eigenvalue weighted by atomic mass is 32.2. The fraction of sp³-hybridized carbons (Fsp3) is 0.167. The van der Waals surface area contributed by atoms with E-state index in [0.717, 1.165) is 28.0 Å². The van der Waals surface area contributed by atoms with Gasteiger partial charge in [0.2, 0.25) is 0 Å². The van der Waals surface area contributed by atoms with Crippen molar-refractivity contribution in [2.45, 2.75) is 26.5 Å². The van der Waals surface area contributed by atoms with E-state index in [2.05, 4.69) is 0 Å². The van der Waals surface area contributed by atoms with Crippen molar-refractivity contribution < 1.29 is 14.0 Å². The van der Waals surface area contributed by atoms with Crippen molar-refractivity contribution in [1.29, 1.82) is 0 Å². The van der Waals surface area contributed by atoms with Gasteiger partial charge in [-0.2, -0.15) is 0 Å². The Morgan fingerprint density at radius 3 is 2.31 bits per heavy atom. The molecule has 0 fully saturated rings. The van der Waals surface area contributed by atoms with Crippen LogP contribution in [0.15, 0.2) is 70.2 Å². The van der Waals surface area contributed by atoms with Crippen LogP contribution in [0, 0.1) is 20.8 Å². The van der Waals surface area contributed by atoms with Crippen molar-refractivity contribution in [3.63, 3.8) is 0 Å². The van der Waals surface area contributed by atoms with Gasteiger partial charge in [-0.1, -0.05) is 42.0 Å². The van der Waals surface area contributed by atoms with E-state index in [1.807, 2.05) is 75.4 Å². The summed E-state index contributed by atoms with van der Waals surface area (Å²) in [7, 11) is 0. The van der Waals surface area contributed by atoms with Crippen molar-refractivity contribution in [3.8, 4) is 0 Å². The van der Waals surface area contributed by atoms with E-state index in [0.29, 0.717) is 21.9 Å². The van der Waals surface area contributed by atoms with Gasteiger partial charge in [0.25, 0.3) is 11.8 Å². The number of carbonyl (C=O) groups is 2. The highest BCUT2D eigenvalue weighted by molar-refractivity contribution is 8.03. The second kappa shape index (κ2) is 7.76. The first-order valence-electron chi connectivity index (χ1n) is 9.38. The summed E-state index contributed by atoms with van der Waals surface area (Å²) in [5.41, 5.74) is 4.83. The number of nitrogens with zero attached hydrogens (tertiary/aromatic N) is 1. The molecule has 0 saturated carbocycles. The van der Waals surface area contributed by atoms with Gasteiger partial charge in [-0.3, -0.25) is 9.59 Å². The molecule has 1 aliphatic rings. The molecule has 146 valence electrons. The molecule has 0 atom stereocenters. The smallest absolute Gasteiger partial charge is 0.272 e. The van der Waals surface area contributed by atoms with Crippen molar-refractivity contribution in [2.75, 3.05) is 4.90 Å². The molecule has 1 aromatic heterocycles. The van der Waals surface area contributed by atoms with Crippen LogP contribution >= 0.6 is 11.8 Å². The molecule has 0 spiro atoms. The molecule has 2 aromatic carbocycles. The SMILES string of the molecule is Cc1ccc(C2=C(SCc3ccco3)C(=O)N(c3cc(C)ccc3C)C2=O)cc1. The van der Waals surface area contributed by atoms with Crippen LogP contribution in [0.3, 0.4) is 0 Å². The first kappa shape index (κ1) is 19.3. The van der Waals surface area contributed by atoms with Crippen molar-refractivity contribution in [3.05, 3.63) is 93.8 Å². The average Bonchev–Trinajstić information content (AvgIpc) is 3.30. The van der Waals surface area contributed by atoms with Crippen LogP contribution < -0.4 is 4.90 Å². The van der Waals surface area contributed by atoms with Crippen LogP contribution in [-0.2, 0) is 15.3 Å². The maximum absolute atomic E-state index is 13.4. The normalized spacial score (nSPS) is 14.2. The third-order valence-corrected chi connectivity index (χ3v) is 6.02. The molecule has 0 radical (unpaired) electrons. The molecular weight excluding hydrogens is 382 g/mol. The zero-order valence-electron chi connectivity index (χ0n) is 16.6. The summed E-state index contributed by atoms with van der Waals surface area (Å²) < 4.78 is 5.41. The Balaban J connectivity index is 1.78. The summed E-state index contributed by atoms with van der Waals surface area (Å²) in [6.07, 6.45) is 1.61. The Morgan fingerprint density at radius 1 is 0.897 bits per heavy atom. The van der Waals surface area contributed by atoms with Gasteiger partial charge in [-0.05, 0) is 55.7 Å². The van der Waals surface area contributed by atoms with Crippen LogP contribution in [0.5, 0.6) is 0 Å². The van der Waals surface area contributed by atoms with Crippen LogP contribution in [0.25, 0.3) is 5.57 Å². The molecule has 3 aromatic rings. The summed E-state index contributed by atoms with van der Waals surface area (Å²) in [6, 6.07) is 17.2. The molecular formula is C24H21NO3S. The molecule has 1 aliphatic heterocycles. The summed E-state index contributed by atoms with van der Waals surface area (Å²) in [5.74, 6) is 0.679. The first-order chi connectivity index (χ1) is 14.0. The fourth-order valence-electron chi connectivity index (χ4n) is 3.34. The van der Waals surface area contributed by atoms with E-state index in [1.54, 1.807) is 6.26 Å². The maximum atomic E-state index is 13.4. The highest BCUT2D eigenvalue weighted by Gasteiger charge is 2.40. The number of thioether (sulfide) groups is 1. The standard InChI is InChI=1S/C24H21NO3S/c1-15-7-10-18(11-8-15)21-22(29-14-19-5-4-12-28-19)24(27)25(23(21)26)20-13-16(2)6-9-17(20)3/h4-13H,14H2,1-3H3. The topological polar surface area (TPSA) is 50.5 Å². The van der Waals surface area contributed by atoms with Gasteiger partial charge in [-0.15, -0.1) is 11.8 Å². The number of amides is 2. The van der Waals surface area contributed by atoms with E-state index in [9.17, 15) is 9.59 Å².